The molecule has 116 valence electrons. The zero-order chi connectivity index (χ0) is 15.7. The average Bonchev–Trinajstić information content (AvgIpc) is 2.36. The van der Waals surface area contributed by atoms with Gasteiger partial charge >= 0.3 is 0 Å². The van der Waals surface area contributed by atoms with Gasteiger partial charge in [-0.3, -0.25) is 4.79 Å². The van der Waals surface area contributed by atoms with Gasteiger partial charge in [0.25, 0.3) is 0 Å². The summed E-state index contributed by atoms with van der Waals surface area (Å²) < 4.78 is 0. The fourth-order valence-corrected chi connectivity index (χ4v) is 2.62. The van der Waals surface area contributed by atoms with E-state index in [1.807, 2.05) is 0 Å². The van der Waals surface area contributed by atoms with E-state index in [1.54, 1.807) is 18.2 Å². The summed E-state index contributed by atoms with van der Waals surface area (Å²) in [6.07, 6.45) is 6.04. The number of halogens is 2. The highest BCUT2D eigenvalue weighted by Crippen LogP contribution is 2.22. The second-order valence-corrected chi connectivity index (χ2v) is 6.11. The molecule has 0 radical (unpaired) electrons. The highest BCUT2D eigenvalue weighted by molar-refractivity contribution is 7.80. The van der Waals surface area contributed by atoms with Gasteiger partial charge in [0.15, 0.2) is 5.11 Å². The van der Waals surface area contributed by atoms with Gasteiger partial charge < -0.3 is 10.6 Å². The van der Waals surface area contributed by atoms with Crippen LogP contribution < -0.4 is 10.6 Å². The molecule has 1 amide bonds. The molecule has 0 bridgehead atoms. The number of thiocarbonyl (C=S) groups is 1. The summed E-state index contributed by atoms with van der Waals surface area (Å²) in [4.78, 5) is 11.7. The van der Waals surface area contributed by atoms with Crippen LogP contribution in [0.4, 0.5) is 5.69 Å². The molecule has 0 spiro atoms. The van der Waals surface area contributed by atoms with Crippen molar-refractivity contribution in [3.63, 3.8) is 0 Å². The number of hydrogen-bond acceptors (Lipinski definition) is 2. The quantitative estimate of drug-likeness (QED) is 0.528. The second kappa shape index (κ2) is 9.98. The molecule has 3 nitrogen and oxygen atoms in total. The third kappa shape index (κ3) is 8.24. The first-order chi connectivity index (χ1) is 10.0. The smallest absolute Gasteiger partial charge is 0.226 e. The van der Waals surface area contributed by atoms with Gasteiger partial charge in [-0.1, -0.05) is 55.8 Å². The molecule has 0 aliphatic carbocycles. The van der Waals surface area contributed by atoms with Gasteiger partial charge in [-0.25, -0.2) is 0 Å². The molecular weight excluding hydrogens is 327 g/mol. The molecule has 0 atom stereocenters. The van der Waals surface area contributed by atoms with Crippen LogP contribution in [0.15, 0.2) is 18.2 Å². The number of carbonyl (C=O) groups excluding carboxylic acids is 1. The van der Waals surface area contributed by atoms with Crippen LogP contribution in [0.1, 0.15) is 45.4 Å². The van der Waals surface area contributed by atoms with Crippen LogP contribution in [0.2, 0.25) is 10.0 Å². The fourth-order valence-electron chi connectivity index (χ4n) is 1.87. The Labute approximate surface area is 141 Å². The minimum absolute atomic E-state index is 0.0721. The van der Waals surface area contributed by atoms with Crippen LogP contribution in [0.3, 0.4) is 0 Å². The maximum Gasteiger partial charge on any atom is 0.226 e. The van der Waals surface area contributed by atoms with Crippen molar-refractivity contribution in [2.75, 3.05) is 5.32 Å². The molecular formula is C15H20Cl2N2OS. The lowest BCUT2D eigenvalue weighted by Gasteiger charge is -2.10. The highest BCUT2D eigenvalue weighted by atomic mass is 35.5. The topological polar surface area (TPSA) is 41.1 Å². The summed E-state index contributed by atoms with van der Waals surface area (Å²) in [6.45, 7) is 2.17. The van der Waals surface area contributed by atoms with E-state index in [4.69, 9.17) is 35.4 Å². The Kier molecular flexibility index (Phi) is 8.66. The van der Waals surface area contributed by atoms with E-state index >= 15 is 0 Å². The first-order valence-electron chi connectivity index (χ1n) is 7.08. The Balaban J connectivity index is 2.31. The molecule has 1 rings (SSSR count). The maximum atomic E-state index is 11.7. The molecule has 1 aromatic rings. The molecule has 0 aromatic heterocycles. The van der Waals surface area contributed by atoms with Crippen molar-refractivity contribution >= 4 is 52.1 Å². The fraction of sp³-hybridized carbons (Fsp3) is 0.467. The summed E-state index contributed by atoms with van der Waals surface area (Å²) in [5.74, 6) is -0.0721. The van der Waals surface area contributed by atoms with Crippen LogP contribution in [0, 0.1) is 0 Å². The Morgan fingerprint density at radius 2 is 1.71 bits per heavy atom. The molecule has 21 heavy (non-hydrogen) atoms. The lowest BCUT2D eigenvalue weighted by molar-refractivity contribution is -0.119. The van der Waals surface area contributed by atoms with E-state index in [9.17, 15) is 4.79 Å². The van der Waals surface area contributed by atoms with Crippen molar-refractivity contribution < 1.29 is 4.79 Å². The van der Waals surface area contributed by atoms with E-state index in [-0.39, 0.29) is 11.0 Å². The van der Waals surface area contributed by atoms with E-state index in [0.29, 0.717) is 22.2 Å². The molecule has 1 aromatic carbocycles. The third-order valence-corrected chi connectivity index (χ3v) is 3.52. The monoisotopic (exact) mass is 346 g/mol. The molecule has 0 saturated carbocycles. The van der Waals surface area contributed by atoms with Gasteiger partial charge in [-0.05, 0) is 36.8 Å². The van der Waals surface area contributed by atoms with Crippen LogP contribution in [-0.4, -0.2) is 11.0 Å². The number of nitrogens with one attached hydrogen (secondary N) is 2. The number of rotatable bonds is 7. The van der Waals surface area contributed by atoms with E-state index in [1.165, 1.54) is 19.3 Å². The summed E-state index contributed by atoms with van der Waals surface area (Å²) in [5, 5.41) is 6.82. The minimum Gasteiger partial charge on any atom is -0.332 e. The number of anilines is 1. The lowest BCUT2D eigenvalue weighted by Crippen LogP contribution is -2.33. The van der Waals surface area contributed by atoms with Crippen molar-refractivity contribution in [2.24, 2.45) is 0 Å². The highest BCUT2D eigenvalue weighted by Gasteiger charge is 2.05. The number of benzene rings is 1. The van der Waals surface area contributed by atoms with Gasteiger partial charge in [-0.15, -0.1) is 0 Å². The molecule has 0 fully saturated rings. The summed E-state index contributed by atoms with van der Waals surface area (Å²) in [6, 6.07) is 5.01. The van der Waals surface area contributed by atoms with Crippen LogP contribution in [-0.2, 0) is 4.79 Å². The Morgan fingerprint density at radius 3 is 2.33 bits per heavy atom. The number of amides is 1. The average molecular weight is 347 g/mol. The van der Waals surface area contributed by atoms with Gasteiger partial charge in [0.05, 0.1) is 0 Å². The molecule has 0 saturated heterocycles. The normalized spacial score (nSPS) is 10.2. The maximum absolute atomic E-state index is 11.7. The van der Waals surface area contributed by atoms with Crippen molar-refractivity contribution in [1.82, 2.24) is 5.32 Å². The van der Waals surface area contributed by atoms with Gasteiger partial charge in [0.2, 0.25) is 5.91 Å². The third-order valence-electron chi connectivity index (χ3n) is 2.88. The Morgan fingerprint density at radius 1 is 1.10 bits per heavy atom. The molecule has 0 unspecified atom stereocenters. The van der Waals surface area contributed by atoms with Crippen LogP contribution in [0.25, 0.3) is 0 Å². The summed E-state index contributed by atoms with van der Waals surface area (Å²) in [7, 11) is 0. The minimum atomic E-state index is -0.0721. The van der Waals surface area contributed by atoms with E-state index in [2.05, 4.69) is 17.6 Å². The van der Waals surface area contributed by atoms with Gasteiger partial charge in [-0.2, -0.15) is 0 Å². The summed E-state index contributed by atoms with van der Waals surface area (Å²) in [5.41, 5.74) is 0.653. The molecule has 0 aliphatic rings. The lowest BCUT2D eigenvalue weighted by atomic mass is 10.1. The van der Waals surface area contributed by atoms with Crippen molar-refractivity contribution in [2.45, 2.75) is 45.4 Å². The van der Waals surface area contributed by atoms with Crippen molar-refractivity contribution in [3.8, 4) is 0 Å². The predicted octanol–water partition coefficient (Wildman–Crippen LogP) is 5.17. The van der Waals surface area contributed by atoms with Gasteiger partial charge in [0.1, 0.15) is 0 Å². The number of hydrogen-bond donors (Lipinski definition) is 2. The standard InChI is InChI=1S/C15H20Cl2N2OS/c1-2-3-4-5-6-7-14(20)19-15(21)18-13-9-11(16)8-12(17)10-13/h8-10H,2-7H2,1H3,(H2,18,19,20,21). The van der Waals surface area contributed by atoms with E-state index < -0.39 is 0 Å². The van der Waals surface area contributed by atoms with Gasteiger partial charge in [0, 0.05) is 22.2 Å². The molecule has 6 heteroatoms. The first-order valence-corrected chi connectivity index (χ1v) is 8.24. The predicted molar refractivity (Wildman–Crippen MR) is 94.2 cm³/mol. The first kappa shape index (κ1) is 18.2. The zero-order valence-electron chi connectivity index (χ0n) is 12.0. The Bertz CT molecular complexity index is 474. The largest absolute Gasteiger partial charge is 0.332 e. The zero-order valence-corrected chi connectivity index (χ0v) is 14.4. The molecule has 0 heterocycles. The van der Waals surface area contributed by atoms with E-state index in [0.717, 1.165) is 12.8 Å². The summed E-state index contributed by atoms with van der Waals surface area (Å²) >= 11 is 16.9. The SMILES string of the molecule is CCCCCCCC(=O)NC(=S)Nc1cc(Cl)cc(Cl)c1. The van der Waals surface area contributed by atoms with Crippen LogP contribution in [0.5, 0.6) is 0 Å². The van der Waals surface area contributed by atoms with Crippen molar-refractivity contribution in [3.05, 3.63) is 28.2 Å². The number of unbranched alkanes of at least 4 members (excludes halogenated alkanes) is 4. The van der Waals surface area contributed by atoms with Crippen molar-refractivity contribution in [1.29, 1.82) is 0 Å². The number of carbonyl (C=O) groups is 1. The van der Waals surface area contributed by atoms with Crippen LogP contribution >= 0.6 is 35.4 Å². The second-order valence-electron chi connectivity index (χ2n) is 4.82. The molecule has 2 N–H and O–H groups in total. The Hall–Kier alpha value is -0.840. The molecule has 0 aliphatic heterocycles.